The highest BCUT2D eigenvalue weighted by atomic mass is 35.5. The lowest BCUT2D eigenvalue weighted by Crippen LogP contribution is -2.41. The van der Waals surface area contributed by atoms with Crippen LogP contribution in [0.2, 0.25) is 5.02 Å². The molecule has 0 saturated heterocycles. The van der Waals surface area contributed by atoms with E-state index in [0.717, 1.165) is 0 Å². The van der Waals surface area contributed by atoms with Crippen LogP contribution in [0.4, 0.5) is 5.69 Å². The van der Waals surface area contributed by atoms with Crippen LogP contribution in [0.1, 0.15) is 13.8 Å². The monoisotopic (exact) mass is 382 g/mol. The maximum atomic E-state index is 12.3. The van der Waals surface area contributed by atoms with E-state index in [9.17, 15) is 13.2 Å². The average molecular weight is 383 g/mol. The zero-order valence-corrected chi connectivity index (χ0v) is 15.4. The van der Waals surface area contributed by atoms with Crippen LogP contribution in [-0.2, 0) is 14.8 Å². The molecule has 25 heavy (non-hydrogen) atoms. The van der Waals surface area contributed by atoms with Gasteiger partial charge in [-0.05, 0) is 50.2 Å². The molecule has 0 heterocycles. The van der Waals surface area contributed by atoms with Gasteiger partial charge in [0, 0.05) is 5.02 Å². The third-order valence-corrected chi connectivity index (χ3v) is 5.10. The van der Waals surface area contributed by atoms with E-state index < -0.39 is 22.0 Å². The number of nitrogens with one attached hydrogen (secondary N) is 2. The fourth-order valence-corrected chi connectivity index (χ4v) is 3.39. The fraction of sp³-hybridized carbons (Fsp3) is 0.235. The molecule has 2 aromatic carbocycles. The van der Waals surface area contributed by atoms with E-state index in [4.69, 9.17) is 16.3 Å². The third kappa shape index (κ3) is 5.19. The van der Waals surface area contributed by atoms with Gasteiger partial charge in [0.1, 0.15) is 5.75 Å². The van der Waals surface area contributed by atoms with Crippen LogP contribution in [0.5, 0.6) is 5.75 Å². The van der Waals surface area contributed by atoms with E-state index in [1.54, 1.807) is 24.3 Å². The Morgan fingerprint density at radius 3 is 2.44 bits per heavy atom. The first kappa shape index (κ1) is 19.2. The van der Waals surface area contributed by atoms with Crippen molar-refractivity contribution in [2.75, 3.05) is 11.9 Å². The van der Waals surface area contributed by atoms with Gasteiger partial charge in [-0.3, -0.25) is 4.79 Å². The molecular weight excluding hydrogens is 364 g/mol. The molecule has 0 aliphatic heterocycles. The Morgan fingerprint density at radius 2 is 1.80 bits per heavy atom. The number of amides is 1. The zero-order chi connectivity index (χ0) is 18.4. The minimum atomic E-state index is -3.83. The Labute approximate surface area is 152 Å². The highest BCUT2D eigenvalue weighted by Gasteiger charge is 2.22. The normalized spacial score (nSPS) is 12.4. The summed E-state index contributed by atoms with van der Waals surface area (Å²) < 4.78 is 32.4. The van der Waals surface area contributed by atoms with Crippen LogP contribution < -0.4 is 14.8 Å². The third-order valence-electron chi connectivity index (χ3n) is 3.29. The highest BCUT2D eigenvalue weighted by Crippen LogP contribution is 2.24. The van der Waals surface area contributed by atoms with Gasteiger partial charge in [-0.15, -0.1) is 0 Å². The first-order valence-corrected chi connectivity index (χ1v) is 9.50. The maximum Gasteiger partial charge on any atom is 0.242 e. The number of halogens is 1. The highest BCUT2D eigenvalue weighted by molar-refractivity contribution is 7.89. The van der Waals surface area contributed by atoms with E-state index in [1.807, 2.05) is 6.92 Å². The molecule has 2 aromatic rings. The lowest BCUT2D eigenvalue weighted by molar-refractivity contribution is -0.117. The first-order chi connectivity index (χ1) is 11.8. The largest absolute Gasteiger partial charge is 0.492 e. The van der Waals surface area contributed by atoms with Crippen LogP contribution in [-0.4, -0.2) is 27.0 Å². The van der Waals surface area contributed by atoms with Crippen molar-refractivity contribution in [1.29, 1.82) is 0 Å². The molecule has 0 fully saturated rings. The van der Waals surface area contributed by atoms with E-state index >= 15 is 0 Å². The predicted molar refractivity (Wildman–Crippen MR) is 97.5 cm³/mol. The second-order valence-corrected chi connectivity index (χ2v) is 7.37. The minimum absolute atomic E-state index is 0.0336. The Bertz CT molecular complexity index is 838. The van der Waals surface area contributed by atoms with Crippen molar-refractivity contribution >= 4 is 33.2 Å². The summed E-state index contributed by atoms with van der Waals surface area (Å²) in [5.41, 5.74) is 0.479. The molecule has 8 heteroatoms. The van der Waals surface area contributed by atoms with Crippen molar-refractivity contribution < 1.29 is 17.9 Å². The summed E-state index contributed by atoms with van der Waals surface area (Å²) in [6.45, 7) is 3.75. The predicted octanol–water partition coefficient (Wildman–Crippen LogP) is 3.04. The number of para-hydroxylation sites is 2. The van der Waals surface area contributed by atoms with Gasteiger partial charge in [-0.2, -0.15) is 4.72 Å². The standard InChI is InChI=1S/C17H19ClN2O4S/c1-3-24-16-7-5-4-6-15(16)19-17(21)12(2)20-25(22,23)14-10-8-13(18)9-11-14/h4-12,20H,3H2,1-2H3,(H,19,21). The lowest BCUT2D eigenvalue weighted by atomic mass is 10.2. The van der Waals surface area contributed by atoms with Gasteiger partial charge in [0.25, 0.3) is 0 Å². The molecule has 6 nitrogen and oxygen atoms in total. The van der Waals surface area contributed by atoms with E-state index in [-0.39, 0.29) is 4.90 Å². The minimum Gasteiger partial charge on any atom is -0.492 e. The number of carbonyl (C=O) groups excluding carboxylic acids is 1. The SMILES string of the molecule is CCOc1ccccc1NC(=O)C(C)NS(=O)(=O)c1ccc(Cl)cc1. The van der Waals surface area contributed by atoms with Crippen LogP contribution in [0.3, 0.4) is 0 Å². The Morgan fingerprint density at radius 1 is 1.16 bits per heavy atom. The maximum absolute atomic E-state index is 12.3. The molecule has 0 radical (unpaired) electrons. The van der Waals surface area contributed by atoms with E-state index in [1.165, 1.54) is 31.2 Å². The molecule has 0 bridgehead atoms. The van der Waals surface area contributed by atoms with E-state index in [0.29, 0.717) is 23.1 Å². The van der Waals surface area contributed by atoms with Crippen molar-refractivity contribution in [3.05, 3.63) is 53.6 Å². The number of benzene rings is 2. The molecule has 1 atom stereocenters. The van der Waals surface area contributed by atoms with Gasteiger partial charge in [-0.1, -0.05) is 23.7 Å². The molecule has 1 amide bonds. The lowest BCUT2D eigenvalue weighted by Gasteiger charge is -2.16. The van der Waals surface area contributed by atoms with Crippen molar-refractivity contribution in [3.63, 3.8) is 0 Å². The number of hydrogen-bond donors (Lipinski definition) is 2. The topological polar surface area (TPSA) is 84.5 Å². The average Bonchev–Trinajstić information content (AvgIpc) is 2.57. The Hall–Kier alpha value is -2.09. The number of anilines is 1. The summed E-state index contributed by atoms with van der Waals surface area (Å²) in [6, 6.07) is 11.7. The van der Waals surface area contributed by atoms with Crippen molar-refractivity contribution in [3.8, 4) is 5.75 Å². The number of rotatable bonds is 7. The van der Waals surface area contributed by atoms with E-state index in [2.05, 4.69) is 10.0 Å². The van der Waals surface area contributed by atoms with Crippen LogP contribution in [0, 0.1) is 0 Å². The molecule has 134 valence electrons. The zero-order valence-electron chi connectivity index (χ0n) is 13.8. The quantitative estimate of drug-likeness (QED) is 0.770. The fourth-order valence-electron chi connectivity index (χ4n) is 2.06. The summed E-state index contributed by atoms with van der Waals surface area (Å²) in [4.78, 5) is 12.4. The molecule has 0 aromatic heterocycles. The summed E-state index contributed by atoms with van der Waals surface area (Å²) in [6.07, 6.45) is 0. The van der Waals surface area contributed by atoms with Crippen LogP contribution in [0.25, 0.3) is 0 Å². The second-order valence-electron chi connectivity index (χ2n) is 5.22. The molecule has 2 N–H and O–H groups in total. The Balaban J connectivity index is 2.09. The van der Waals surface area contributed by atoms with Crippen molar-refractivity contribution in [1.82, 2.24) is 4.72 Å². The molecular formula is C17H19ClN2O4S. The van der Waals surface area contributed by atoms with Gasteiger partial charge in [0.05, 0.1) is 23.2 Å². The second kappa shape index (κ2) is 8.33. The number of carbonyl (C=O) groups is 1. The molecule has 0 spiro atoms. The first-order valence-electron chi connectivity index (χ1n) is 7.64. The van der Waals surface area contributed by atoms with Crippen LogP contribution in [0.15, 0.2) is 53.4 Å². The van der Waals surface area contributed by atoms with Gasteiger partial charge in [0.2, 0.25) is 15.9 Å². The van der Waals surface area contributed by atoms with Gasteiger partial charge >= 0.3 is 0 Å². The molecule has 0 aliphatic carbocycles. The number of sulfonamides is 1. The van der Waals surface area contributed by atoms with Gasteiger partial charge in [-0.25, -0.2) is 8.42 Å². The summed E-state index contributed by atoms with van der Waals surface area (Å²) in [5.74, 6) is 0.0239. The summed E-state index contributed by atoms with van der Waals surface area (Å²) in [5, 5.41) is 3.09. The molecule has 1 unspecified atom stereocenters. The Kier molecular flexibility index (Phi) is 6.41. The number of hydrogen-bond acceptors (Lipinski definition) is 4. The van der Waals surface area contributed by atoms with Crippen molar-refractivity contribution in [2.45, 2.75) is 24.8 Å². The van der Waals surface area contributed by atoms with Crippen molar-refractivity contribution in [2.24, 2.45) is 0 Å². The summed E-state index contributed by atoms with van der Waals surface area (Å²) >= 11 is 5.76. The van der Waals surface area contributed by atoms with Gasteiger partial charge < -0.3 is 10.1 Å². The molecule has 0 aliphatic rings. The van der Waals surface area contributed by atoms with Gasteiger partial charge in [0.15, 0.2) is 0 Å². The summed E-state index contributed by atoms with van der Waals surface area (Å²) in [7, 11) is -3.83. The molecule has 2 rings (SSSR count). The van der Waals surface area contributed by atoms with Crippen LogP contribution >= 0.6 is 11.6 Å². The molecule has 0 saturated carbocycles. The smallest absolute Gasteiger partial charge is 0.242 e. The number of ether oxygens (including phenoxy) is 1.